The van der Waals surface area contributed by atoms with Gasteiger partial charge in [-0.3, -0.25) is 0 Å². The van der Waals surface area contributed by atoms with E-state index in [4.69, 9.17) is 10.5 Å². The number of nitrogens with two attached hydrogens (primary N) is 1. The van der Waals surface area contributed by atoms with E-state index in [9.17, 15) is 8.78 Å². The molecule has 0 heterocycles. The summed E-state index contributed by atoms with van der Waals surface area (Å²) >= 11 is 0. The maximum atomic E-state index is 13.4. The zero-order chi connectivity index (χ0) is 13.7. The molecule has 1 aliphatic carbocycles. The Kier molecular flexibility index (Phi) is 4.88. The van der Waals surface area contributed by atoms with E-state index in [1.165, 1.54) is 25.0 Å². The summed E-state index contributed by atoms with van der Waals surface area (Å²) in [6, 6.07) is 4.13. The quantitative estimate of drug-likeness (QED) is 0.849. The van der Waals surface area contributed by atoms with E-state index in [1.54, 1.807) is 0 Å². The third-order valence-electron chi connectivity index (χ3n) is 3.78. The Hall–Kier alpha value is -1.00. The van der Waals surface area contributed by atoms with Crippen LogP contribution in [0.1, 0.15) is 44.1 Å². The summed E-state index contributed by atoms with van der Waals surface area (Å²) < 4.78 is 32.0. The maximum absolute atomic E-state index is 13.4. The fraction of sp³-hybridized carbons (Fsp3) is 0.600. The molecular formula is C15H21F2NO. The van der Waals surface area contributed by atoms with E-state index in [-0.39, 0.29) is 17.7 Å². The van der Waals surface area contributed by atoms with Crippen LogP contribution in [0, 0.1) is 11.6 Å². The zero-order valence-electron chi connectivity index (χ0n) is 11.1. The van der Waals surface area contributed by atoms with Crippen molar-refractivity contribution in [2.45, 2.75) is 50.7 Å². The molecule has 0 aliphatic heterocycles. The average molecular weight is 269 g/mol. The average Bonchev–Trinajstić information content (AvgIpc) is 2.60. The fourth-order valence-electron chi connectivity index (χ4n) is 2.60. The predicted octanol–water partition coefficient (Wildman–Crippen LogP) is 3.53. The molecule has 1 aromatic carbocycles. The number of hydrogen-bond acceptors (Lipinski definition) is 2. The second-order valence-corrected chi connectivity index (χ2v) is 5.48. The number of ether oxygens (including phenoxy) is 1. The van der Waals surface area contributed by atoms with Crippen LogP contribution in [0.5, 0.6) is 0 Å². The molecule has 1 aromatic rings. The third-order valence-corrected chi connectivity index (χ3v) is 3.78. The van der Waals surface area contributed by atoms with Gasteiger partial charge < -0.3 is 10.5 Å². The first kappa shape index (κ1) is 14.4. The highest BCUT2D eigenvalue weighted by atomic mass is 19.2. The lowest BCUT2D eigenvalue weighted by Gasteiger charge is -2.27. The first-order valence-electron chi connectivity index (χ1n) is 6.90. The molecule has 0 radical (unpaired) electrons. The Morgan fingerprint density at radius 3 is 2.47 bits per heavy atom. The van der Waals surface area contributed by atoms with Crippen molar-refractivity contribution >= 4 is 0 Å². The molecule has 2 nitrogen and oxygen atoms in total. The van der Waals surface area contributed by atoms with Crippen LogP contribution in [0.2, 0.25) is 0 Å². The van der Waals surface area contributed by atoms with Crippen LogP contribution in [-0.4, -0.2) is 12.1 Å². The van der Waals surface area contributed by atoms with Gasteiger partial charge >= 0.3 is 0 Å². The molecule has 2 rings (SSSR count). The topological polar surface area (TPSA) is 35.2 Å². The zero-order valence-corrected chi connectivity index (χ0v) is 11.1. The van der Waals surface area contributed by atoms with Crippen LogP contribution in [0.4, 0.5) is 8.78 Å². The van der Waals surface area contributed by atoms with E-state index in [2.05, 4.69) is 0 Å². The monoisotopic (exact) mass is 269 g/mol. The minimum Gasteiger partial charge on any atom is -0.375 e. The normalized spacial score (nSPS) is 19.1. The molecule has 0 atom stereocenters. The highest BCUT2D eigenvalue weighted by Gasteiger charge is 2.26. The Balaban J connectivity index is 1.87. The lowest BCUT2D eigenvalue weighted by molar-refractivity contribution is 0.0648. The van der Waals surface area contributed by atoms with Gasteiger partial charge in [0.15, 0.2) is 11.6 Å². The molecule has 1 fully saturated rings. The number of benzene rings is 1. The lowest BCUT2D eigenvalue weighted by Crippen LogP contribution is -2.43. The first-order chi connectivity index (χ1) is 9.11. The standard InChI is InChI=1S/C15H21F2NO/c16-13-7-5-6-12(14(13)17)10-19-11-15(18)8-3-1-2-4-9-15/h5-7H,1-4,8-11,18H2. The second-order valence-electron chi connectivity index (χ2n) is 5.48. The van der Waals surface area contributed by atoms with Crippen molar-refractivity contribution in [1.29, 1.82) is 0 Å². The SMILES string of the molecule is NC1(COCc2cccc(F)c2F)CCCCCC1. The van der Waals surface area contributed by atoms with Crippen molar-refractivity contribution in [3.63, 3.8) is 0 Å². The van der Waals surface area contributed by atoms with Gasteiger partial charge in [-0.15, -0.1) is 0 Å². The van der Waals surface area contributed by atoms with Gasteiger partial charge in [0.05, 0.1) is 13.2 Å². The van der Waals surface area contributed by atoms with Crippen molar-refractivity contribution in [3.05, 3.63) is 35.4 Å². The molecule has 1 saturated carbocycles. The van der Waals surface area contributed by atoms with E-state index in [0.29, 0.717) is 6.61 Å². The largest absolute Gasteiger partial charge is 0.375 e. The van der Waals surface area contributed by atoms with Crippen molar-refractivity contribution < 1.29 is 13.5 Å². The smallest absolute Gasteiger partial charge is 0.164 e. The van der Waals surface area contributed by atoms with E-state index in [1.807, 2.05) is 0 Å². The number of hydrogen-bond donors (Lipinski definition) is 1. The Morgan fingerprint density at radius 2 is 1.79 bits per heavy atom. The minimum atomic E-state index is -0.835. The van der Waals surface area contributed by atoms with Crippen LogP contribution in [0.25, 0.3) is 0 Å². The van der Waals surface area contributed by atoms with Crippen molar-refractivity contribution in [3.8, 4) is 0 Å². The summed E-state index contributed by atoms with van der Waals surface area (Å²) in [5.41, 5.74) is 6.24. The molecule has 0 amide bonds. The van der Waals surface area contributed by atoms with Gasteiger partial charge in [0, 0.05) is 11.1 Å². The molecule has 2 N–H and O–H groups in total. The summed E-state index contributed by atoms with van der Waals surface area (Å²) in [4.78, 5) is 0. The molecule has 1 aliphatic rings. The van der Waals surface area contributed by atoms with E-state index in [0.717, 1.165) is 31.7 Å². The Bertz CT molecular complexity index is 415. The van der Waals surface area contributed by atoms with Crippen LogP contribution < -0.4 is 5.73 Å². The lowest BCUT2D eigenvalue weighted by atomic mass is 9.92. The van der Waals surface area contributed by atoms with Gasteiger partial charge in [0.25, 0.3) is 0 Å². The minimum absolute atomic E-state index is 0.0720. The van der Waals surface area contributed by atoms with Gasteiger partial charge in [-0.25, -0.2) is 8.78 Å². The van der Waals surface area contributed by atoms with Gasteiger partial charge in [-0.2, -0.15) is 0 Å². The van der Waals surface area contributed by atoms with Gasteiger partial charge in [-0.1, -0.05) is 37.8 Å². The highest BCUT2D eigenvalue weighted by Crippen LogP contribution is 2.25. The third kappa shape index (κ3) is 3.98. The number of halogens is 2. The number of rotatable bonds is 4. The predicted molar refractivity (Wildman–Crippen MR) is 70.6 cm³/mol. The van der Waals surface area contributed by atoms with Gasteiger partial charge in [0.1, 0.15) is 0 Å². The second kappa shape index (κ2) is 6.44. The molecule has 0 unspecified atom stereocenters. The Labute approximate surface area is 112 Å². The Morgan fingerprint density at radius 1 is 1.11 bits per heavy atom. The van der Waals surface area contributed by atoms with Crippen LogP contribution >= 0.6 is 0 Å². The van der Waals surface area contributed by atoms with E-state index >= 15 is 0 Å². The molecular weight excluding hydrogens is 248 g/mol. The van der Waals surface area contributed by atoms with Gasteiger partial charge in [0.2, 0.25) is 0 Å². The summed E-state index contributed by atoms with van der Waals surface area (Å²) in [7, 11) is 0. The van der Waals surface area contributed by atoms with Gasteiger partial charge in [-0.05, 0) is 18.9 Å². The summed E-state index contributed by atoms with van der Waals surface area (Å²) in [6.45, 7) is 0.478. The van der Waals surface area contributed by atoms with Crippen LogP contribution in [0.15, 0.2) is 18.2 Å². The van der Waals surface area contributed by atoms with Crippen molar-refractivity contribution in [2.75, 3.05) is 6.61 Å². The molecule has 0 saturated heterocycles. The molecule has 0 aromatic heterocycles. The summed E-state index contributed by atoms with van der Waals surface area (Å²) in [6.07, 6.45) is 6.56. The van der Waals surface area contributed by atoms with Crippen LogP contribution in [0.3, 0.4) is 0 Å². The van der Waals surface area contributed by atoms with Crippen LogP contribution in [-0.2, 0) is 11.3 Å². The molecule has 4 heteroatoms. The summed E-state index contributed by atoms with van der Waals surface area (Å²) in [5, 5.41) is 0. The molecule has 19 heavy (non-hydrogen) atoms. The highest BCUT2D eigenvalue weighted by molar-refractivity contribution is 5.18. The van der Waals surface area contributed by atoms with E-state index < -0.39 is 11.6 Å². The molecule has 106 valence electrons. The molecule has 0 bridgehead atoms. The maximum Gasteiger partial charge on any atom is 0.164 e. The van der Waals surface area contributed by atoms with Crippen molar-refractivity contribution in [1.82, 2.24) is 0 Å². The fourth-order valence-corrected chi connectivity index (χ4v) is 2.60. The molecule has 0 spiro atoms. The van der Waals surface area contributed by atoms with Crippen molar-refractivity contribution in [2.24, 2.45) is 5.73 Å². The first-order valence-corrected chi connectivity index (χ1v) is 6.90. The summed E-state index contributed by atoms with van der Waals surface area (Å²) in [5.74, 6) is -1.66.